The number of para-hydroxylation sites is 2. The smallest absolute Gasteiger partial charge is 0.135 e. The first-order valence-corrected chi connectivity index (χ1v) is 24.5. The van der Waals surface area contributed by atoms with Gasteiger partial charge < -0.3 is 19.1 Å². The third-order valence-corrected chi connectivity index (χ3v) is 14.9. The van der Waals surface area contributed by atoms with Crippen LogP contribution < -0.4 is 14.5 Å². The summed E-state index contributed by atoms with van der Waals surface area (Å²) in [5.41, 5.74) is 20.2. The standard InChI is InChI=1S/C66H47N4O.Pt/c1-66(2,3)44-36-37-67-60(38-44)70-57-31-15-14-24-50(57)51-33-32-47(40-59(51)70)71-46-23-16-22-45(39-46)68-41-69(64-48(42-18-6-4-7-19-42)29-17-30-49(64)43-20-8-5-9-21-43)58-35-34-56-61-52-25-10-12-27-54(52)62(63(56)65(58)68)55-28-13-11-26-53(55)61;/h4-38,41,61-62H,1-3H3;/q-3;. The van der Waals surface area contributed by atoms with Gasteiger partial charge in [0, 0.05) is 84.3 Å². The van der Waals surface area contributed by atoms with Crippen LogP contribution >= 0.6 is 0 Å². The molecule has 9 aromatic carbocycles. The van der Waals surface area contributed by atoms with E-state index in [0.717, 1.165) is 72.6 Å². The number of pyridine rings is 1. The number of anilines is 4. The second-order valence-corrected chi connectivity index (χ2v) is 19.9. The van der Waals surface area contributed by atoms with Gasteiger partial charge in [0.25, 0.3) is 0 Å². The van der Waals surface area contributed by atoms with Gasteiger partial charge in [-0.25, -0.2) is 4.98 Å². The van der Waals surface area contributed by atoms with E-state index in [2.05, 4.69) is 248 Å². The molecule has 11 aromatic rings. The van der Waals surface area contributed by atoms with Crippen LogP contribution in [-0.4, -0.2) is 9.55 Å². The fourth-order valence-electron chi connectivity index (χ4n) is 11.7. The molecule has 3 aliphatic carbocycles. The third kappa shape index (κ3) is 6.89. The van der Waals surface area contributed by atoms with Gasteiger partial charge in [-0.1, -0.05) is 178 Å². The minimum atomic E-state index is -0.0388. The molecule has 350 valence electrons. The van der Waals surface area contributed by atoms with E-state index < -0.39 is 0 Å². The monoisotopic (exact) mass is 1110 g/mol. The van der Waals surface area contributed by atoms with Crippen LogP contribution in [0.15, 0.2) is 212 Å². The SMILES string of the molecule is CC(C)(C)c1ccnc(-n2c3[c-]c(Oc4[c-]c(N5[CH-]N(c6c(-c7ccccc7)cccc6-c6ccccc6)c6ccc7c(c65)C5c6ccccc6C7c6ccccc65)ccc4)ccc3c3ccccc32)c1.[Pt]. The molecule has 0 atom stereocenters. The quantitative estimate of drug-likeness (QED) is 0.149. The molecule has 0 unspecified atom stereocenters. The van der Waals surface area contributed by atoms with Crippen molar-refractivity contribution in [1.29, 1.82) is 0 Å². The van der Waals surface area contributed by atoms with E-state index in [1.807, 2.05) is 18.3 Å². The Balaban J connectivity index is 0.00000504. The molecule has 3 heterocycles. The second-order valence-electron chi connectivity index (χ2n) is 19.9. The predicted octanol–water partition coefficient (Wildman–Crippen LogP) is 16.6. The van der Waals surface area contributed by atoms with Crippen LogP contribution in [0.5, 0.6) is 11.5 Å². The normalized spacial score (nSPS) is 15.2. The van der Waals surface area contributed by atoms with Crippen LogP contribution in [0.25, 0.3) is 49.9 Å². The second kappa shape index (κ2) is 17.1. The molecule has 0 fully saturated rings. The van der Waals surface area contributed by atoms with Crippen LogP contribution in [0.2, 0.25) is 0 Å². The summed E-state index contributed by atoms with van der Waals surface area (Å²) in [5, 5.41) is 2.23. The molecular weight excluding hydrogens is 1060 g/mol. The number of rotatable bonds is 7. The molecule has 15 rings (SSSR count). The van der Waals surface area contributed by atoms with Crippen molar-refractivity contribution in [3.8, 4) is 39.6 Å². The Morgan fingerprint density at radius 2 is 1.12 bits per heavy atom. The van der Waals surface area contributed by atoms with E-state index in [0.29, 0.717) is 11.5 Å². The Bertz CT molecular complexity index is 3810. The van der Waals surface area contributed by atoms with Crippen LogP contribution in [0.4, 0.5) is 22.7 Å². The van der Waals surface area contributed by atoms with Crippen molar-refractivity contribution >= 4 is 44.6 Å². The Morgan fingerprint density at radius 3 is 1.81 bits per heavy atom. The van der Waals surface area contributed by atoms with Crippen molar-refractivity contribution < 1.29 is 25.8 Å². The van der Waals surface area contributed by atoms with Crippen LogP contribution in [0.3, 0.4) is 0 Å². The summed E-state index contributed by atoms with van der Waals surface area (Å²) in [5.74, 6) is 2.20. The van der Waals surface area contributed by atoms with Crippen molar-refractivity contribution in [2.75, 3.05) is 9.80 Å². The summed E-state index contributed by atoms with van der Waals surface area (Å²) < 4.78 is 9.07. The van der Waals surface area contributed by atoms with E-state index in [1.54, 1.807) is 0 Å². The molecular formula is C66H47N4OPt-3. The average molecular weight is 1110 g/mol. The zero-order chi connectivity index (χ0) is 47.4. The van der Waals surface area contributed by atoms with Crippen molar-refractivity contribution in [2.24, 2.45) is 0 Å². The number of hydrogen-bond donors (Lipinski definition) is 0. The van der Waals surface area contributed by atoms with Gasteiger partial charge in [0.1, 0.15) is 5.82 Å². The maximum Gasteiger partial charge on any atom is 0.135 e. The van der Waals surface area contributed by atoms with Gasteiger partial charge in [0.05, 0.1) is 0 Å². The van der Waals surface area contributed by atoms with E-state index in [1.165, 1.54) is 38.9 Å². The number of fused-ring (bicyclic) bond motifs is 4. The zero-order valence-electron chi connectivity index (χ0n) is 40.0. The predicted molar refractivity (Wildman–Crippen MR) is 289 cm³/mol. The molecule has 0 N–H and O–H groups in total. The van der Waals surface area contributed by atoms with Gasteiger partial charge in [-0.2, -0.15) is 12.1 Å². The molecule has 0 spiro atoms. The van der Waals surface area contributed by atoms with Gasteiger partial charge in [-0.3, -0.25) is 0 Å². The molecule has 6 heteroatoms. The summed E-state index contributed by atoms with van der Waals surface area (Å²) in [7, 11) is 0. The van der Waals surface area contributed by atoms with E-state index in [-0.39, 0.29) is 38.3 Å². The summed E-state index contributed by atoms with van der Waals surface area (Å²) in [4.78, 5) is 9.69. The van der Waals surface area contributed by atoms with Crippen molar-refractivity contribution in [2.45, 2.75) is 38.0 Å². The Labute approximate surface area is 434 Å². The molecule has 5 nitrogen and oxygen atoms in total. The Hall–Kier alpha value is -7.98. The molecule has 0 saturated carbocycles. The van der Waals surface area contributed by atoms with Crippen molar-refractivity contribution in [3.05, 3.63) is 270 Å². The van der Waals surface area contributed by atoms with Gasteiger partial charge >= 0.3 is 0 Å². The average Bonchev–Trinajstić information content (AvgIpc) is 3.97. The van der Waals surface area contributed by atoms with Crippen molar-refractivity contribution in [1.82, 2.24) is 9.55 Å². The first kappa shape index (κ1) is 44.0. The molecule has 2 bridgehead atoms. The molecule has 2 aromatic heterocycles. The fraction of sp³-hybridized carbons (Fsp3) is 0.0909. The van der Waals surface area contributed by atoms with Crippen LogP contribution in [-0.2, 0) is 26.5 Å². The summed E-state index contributed by atoms with van der Waals surface area (Å²) in [6.45, 7) is 8.99. The number of nitrogens with zero attached hydrogens (tertiary/aromatic N) is 4. The van der Waals surface area contributed by atoms with E-state index in [9.17, 15) is 0 Å². The van der Waals surface area contributed by atoms with Gasteiger partial charge in [0.15, 0.2) is 0 Å². The summed E-state index contributed by atoms with van der Waals surface area (Å²) >= 11 is 0. The van der Waals surface area contributed by atoms with Crippen molar-refractivity contribution in [3.63, 3.8) is 0 Å². The van der Waals surface area contributed by atoms with E-state index >= 15 is 0 Å². The van der Waals surface area contributed by atoms with Crippen LogP contribution in [0.1, 0.15) is 71.6 Å². The molecule has 0 amide bonds. The first-order chi connectivity index (χ1) is 34.9. The molecule has 1 aliphatic heterocycles. The number of hydrogen-bond acceptors (Lipinski definition) is 4. The largest absolute Gasteiger partial charge is 0.509 e. The van der Waals surface area contributed by atoms with E-state index in [4.69, 9.17) is 9.72 Å². The summed E-state index contributed by atoms with van der Waals surface area (Å²) in [6.07, 6.45) is 1.91. The maximum absolute atomic E-state index is 6.86. The number of aromatic nitrogens is 2. The number of benzene rings is 9. The molecule has 0 radical (unpaired) electrons. The first-order valence-electron chi connectivity index (χ1n) is 24.5. The Morgan fingerprint density at radius 1 is 0.514 bits per heavy atom. The summed E-state index contributed by atoms with van der Waals surface area (Å²) in [6, 6.07) is 81.8. The van der Waals surface area contributed by atoms with Crippen LogP contribution in [0, 0.1) is 18.8 Å². The van der Waals surface area contributed by atoms with Gasteiger partial charge in [-0.05, 0) is 85.1 Å². The minimum Gasteiger partial charge on any atom is -0.509 e. The minimum absolute atomic E-state index is 0. The third-order valence-electron chi connectivity index (χ3n) is 14.9. The van der Waals surface area contributed by atoms with Gasteiger partial charge in [-0.15, -0.1) is 48.1 Å². The molecule has 72 heavy (non-hydrogen) atoms. The maximum atomic E-state index is 6.86. The number of ether oxygens (including phenoxy) is 1. The molecule has 0 saturated heterocycles. The fourth-order valence-corrected chi connectivity index (χ4v) is 11.7. The topological polar surface area (TPSA) is 33.5 Å². The van der Waals surface area contributed by atoms with Gasteiger partial charge in [0.2, 0.25) is 0 Å². The Kier molecular flexibility index (Phi) is 10.5. The zero-order valence-corrected chi connectivity index (χ0v) is 42.2. The molecule has 4 aliphatic rings.